The topological polar surface area (TPSA) is 81.4 Å². The first-order chi connectivity index (χ1) is 8.06. The van der Waals surface area contributed by atoms with Crippen molar-refractivity contribution in [3.8, 4) is 0 Å². The molecule has 5 nitrogen and oxygen atoms in total. The normalized spacial score (nSPS) is 13.9. The largest absolute Gasteiger partial charge is 0.467 e. The molecular formula is C11H22N2O3S. The summed E-state index contributed by atoms with van der Waals surface area (Å²) in [6.45, 7) is 4.43. The van der Waals surface area contributed by atoms with Crippen LogP contribution in [0.3, 0.4) is 0 Å². The summed E-state index contributed by atoms with van der Waals surface area (Å²) >= 11 is 1.45. The van der Waals surface area contributed by atoms with Crippen molar-refractivity contribution in [2.45, 2.75) is 26.3 Å². The van der Waals surface area contributed by atoms with Crippen LogP contribution in [0.4, 0.5) is 0 Å². The average molecular weight is 262 g/mol. The molecule has 0 aromatic heterocycles. The summed E-state index contributed by atoms with van der Waals surface area (Å²) in [5.41, 5.74) is 5.33. The molecule has 0 saturated heterocycles. The predicted molar refractivity (Wildman–Crippen MR) is 69.8 cm³/mol. The van der Waals surface area contributed by atoms with E-state index in [1.165, 1.54) is 18.9 Å². The van der Waals surface area contributed by atoms with Crippen LogP contribution in [0, 0.1) is 5.92 Å². The molecule has 0 aliphatic rings. The van der Waals surface area contributed by atoms with Crippen molar-refractivity contribution >= 4 is 23.6 Å². The minimum Gasteiger partial charge on any atom is -0.467 e. The first-order valence-corrected chi connectivity index (χ1v) is 6.87. The number of rotatable bonds is 8. The minimum atomic E-state index is -0.559. The second-order valence-electron chi connectivity index (χ2n) is 3.80. The maximum Gasteiger partial charge on any atom is 0.328 e. The van der Waals surface area contributed by atoms with E-state index < -0.39 is 12.0 Å². The van der Waals surface area contributed by atoms with Gasteiger partial charge in [-0.2, -0.15) is 11.8 Å². The van der Waals surface area contributed by atoms with E-state index in [2.05, 4.69) is 10.1 Å². The van der Waals surface area contributed by atoms with Gasteiger partial charge in [0, 0.05) is 12.3 Å². The molecule has 3 N–H and O–H groups in total. The van der Waals surface area contributed by atoms with Gasteiger partial charge in [0.25, 0.3) is 0 Å². The van der Waals surface area contributed by atoms with Crippen LogP contribution >= 0.6 is 11.8 Å². The summed E-state index contributed by atoms with van der Waals surface area (Å²) in [5, 5.41) is 2.70. The molecule has 0 aliphatic carbocycles. The van der Waals surface area contributed by atoms with E-state index in [0.29, 0.717) is 12.3 Å². The molecular weight excluding hydrogens is 240 g/mol. The van der Waals surface area contributed by atoms with Crippen LogP contribution in [0.2, 0.25) is 0 Å². The Morgan fingerprint density at radius 3 is 2.59 bits per heavy atom. The smallest absolute Gasteiger partial charge is 0.328 e. The van der Waals surface area contributed by atoms with Crippen LogP contribution in [0.15, 0.2) is 0 Å². The van der Waals surface area contributed by atoms with E-state index in [0.717, 1.165) is 12.2 Å². The van der Waals surface area contributed by atoms with Gasteiger partial charge in [0.05, 0.1) is 12.9 Å². The third-order valence-corrected chi connectivity index (χ3v) is 3.47. The van der Waals surface area contributed by atoms with Crippen LogP contribution in [0.5, 0.6) is 0 Å². The Labute approximate surface area is 107 Å². The van der Waals surface area contributed by atoms with Gasteiger partial charge < -0.3 is 15.8 Å². The number of nitrogens with two attached hydrogens (primary N) is 1. The second kappa shape index (κ2) is 9.30. The molecule has 1 amide bonds. The number of carbonyl (C=O) groups excluding carboxylic acids is 2. The maximum absolute atomic E-state index is 11.6. The summed E-state index contributed by atoms with van der Waals surface area (Å²) in [7, 11) is 1.33. The number of hydrogen-bond donors (Lipinski definition) is 2. The monoisotopic (exact) mass is 262 g/mol. The molecule has 0 spiro atoms. The fourth-order valence-corrected chi connectivity index (χ4v) is 1.84. The number of hydrogen-bond acceptors (Lipinski definition) is 5. The minimum absolute atomic E-state index is 0.0610. The lowest BCUT2D eigenvalue weighted by molar-refractivity contribution is -0.146. The molecule has 100 valence electrons. The van der Waals surface area contributed by atoms with Crippen molar-refractivity contribution in [3.05, 3.63) is 0 Å². The van der Waals surface area contributed by atoms with Crippen molar-refractivity contribution in [2.24, 2.45) is 11.7 Å². The van der Waals surface area contributed by atoms with E-state index in [-0.39, 0.29) is 11.8 Å². The molecule has 0 aromatic carbocycles. The molecule has 0 saturated carbocycles. The van der Waals surface area contributed by atoms with Crippen molar-refractivity contribution in [1.82, 2.24) is 5.32 Å². The van der Waals surface area contributed by atoms with Gasteiger partial charge in [-0.05, 0) is 5.92 Å². The number of methoxy groups -OCH3 is 1. The summed E-state index contributed by atoms with van der Waals surface area (Å²) in [5.74, 6) is 0.572. The Bertz CT molecular complexity index is 249. The Kier molecular flexibility index (Phi) is 8.89. The van der Waals surface area contributed by atoms with Gasteiger partial charge >= 0.3 is 5.97 Å². The number of thioether (sulfide) groups is 1. The van der Waals surface area contributed by atoms with Crippen molar-refractivity contribution in [2.75, 3.05) is 25.2 Å². The zero-order valence-corrected chi connectivity index (χ0v) is 11.5. The number of nitrogens with one attached hydrogen (secondary N) is 1. The third-order valence-electron chi connectivity index (χ3n) is 2.48. The quantitative estimate of drug-likeness (QED) is 0.488. The van der Waals surface area contributed by atoms with Crippen LogP contribution in [-0.2, 0) is 14.3 Å². The highest BCUT2D eigenvalue weighted by molar-refractivity contribution is 7.99. The highest BCUT2D eigenvalue weighted by Gasteiger charge is 2.26. The first kappa shape index (κ1) is 16.2. The SMILES string of the molecule is CCC(C)C(NC(=O)CSCCN)C(=O)OC. The molecule has 0 aliphatic heterocycles. The molecule has 2 atom stereocenters. The lowest BCUT2D eigenvalue weighted by Gasteiger charge is -2.21. The Morgan fingerprint density at radius 1 is 1.47 bits per heavy atom. The van der Waals surface area contributed by atoms with Gasteiger partial charge in [0.1, 0.15) is 6.04 Å². The van der Waals surface area contributed by atoms with Crippen LogP contribution < -0.4 is 11.1 Å². The summed E-state index contributed by atoms with van der Waals surface area (Å²) in [6.07, 6.45) is 0.802. The van der Waals surface area contributed by atoms with E-state index in [1.807, 2.05) is 13.8 Å². The highest BCUT2D eigenvalue weighted by atomic mass is 32.2. The third kappa shape index (κ3) is 6.53. The molecule has 0 rings (SSSR count). The van der Waals surface area contributed by atoms with Gasteiger partial charge in [0.15, 0.2) is 0 Å². The molecule has 0 aromatic rings. The maximum atomic E-state index is 11.6. The predicted octanol–water partition coefficient (Wildman–Crippen LogP) is 0.382. The lowest BCUT2D eigenvalue weighted by atomic mass is 9.99. The van der Waals surface area contributed by atoms with E-state index in [4.69, 9.17) is 5.73 Å². The number of esters is 1. The summed E-state index contributed by atoms with van der Waals surface area (Å²) in [6, 6.07) is -0.559. The van der Waals surface area contributed by atoms with Crippen molar-refractivity contribution in [3.63, 3.8) is 0 Å². The molecule has 6 heteroatoms. The van der Waals surface area contributed by atoms with Gasteiger partial charge in [-0.1, -0.05) is 20.3 Å². The number of carbonyl (C=O) groups is 2. The summed E-state index contributed by atoms with van der Waals surface area (Å²) in [4.78, 5) is 23.1. The van der Waals surface area contributed by atoms with Crippen molar-refractivity contribution < 1.29 is 14.3 Å². The Hall–Kier alpha value is -0.750. The molecule has 2 unspecified atom stereocenters. The van der Waals surface area contributed by atoms with Gasteiger partial charge in [0.2, 0.25) is 5.91 Å². The lowest BCUT2D eigenvalue weighted by Crippen LogP contribution is -2.46. The van der Waals surface area contributed by atoms with Gasteiger partial charge in [-0.3, -0.25) is 4.79 Å². The van der Waals surface area contributed by atoms with E-state index in [9.17, 15) is 9.59 Å². The van der Waals surface area contributed by atoms with Gasteiger partial charge in [-0.25, -0.2) is 4.79 Å². The highest BCUT2D eigenvalue weighted by Crippen LogP contribution is 2.09. The standard InChI is InChI=1S/C11H22N2O3S/c1-4-8(2)10(11(15)16-3)13-9(14)7-17-6-5-12/h8,10H,4-7,12H2,1-3H3,(H,13,14). The van der Waals surface area contributed by atoms with Crippen LogP contribution in [-0.4, -0.2) is 43.1 Å². The Balaban J connectivity index is 4.23. The van der Waals surface area contributed by atoms with Crippen molar-refractivity contribution in [1.29, 1.82) is 0 Å². The summed E-state index contributed by atoms with van der Waals surface area (Å²) < 4.78 is 4.68. The molecule has 17 heavy (non-hydrogen) atoms. The fourth-order valence-electron chi connectivity index (χ4n) is 1.26. The zero-order valence-electron chi connectivity index (χ0n) is 10.7. The molecule has 0 radical (unpaired) electrons. The van der Waals surface area contributed by atoms with Crippen LogP contribution in [0.1, 0.15) is 20.3 Å². The fraction of sp³-hybridized carbons (Fsp3) is 0.818. The number of amides is 1. The molecule has 0 fully saturated rings. The average Bonchev–Trinajstić information content (AvgIpc) is 2.34. The molecule has 0 bridgehead atoms. The van der Waals surface area contributed by atoms with Gasteiger partial charge in [-0.15, -0.1) is 0 Å². The zero-order chi connectivity index (χ0) is 13.3. The van der Waals surface area contributed by atoms with E-state index in [1.54, 1.807) is 0 Å². The molecule has 0 heterocycles. The van der Waals surface area contributed by atoms with E-state index >= 15 is 0 Å². The van der Waals surface area contributed by atoms with Crippen LogP contribution in [0.25, 0.3) is 0 Å². The number of ether oxygens (including phenoxy) is 1. The second-order valence-corrected chi connectivity index (χ2v) is 4.90. The Morgan fingerprint density at radius 2 is 2.12 bits per heavy atom. The first-order valence-electron chi connectivity index (χ1n) is 5.71.